The molecule has 0 aliphatic rings. The molecule has 0 saturated heterocycles. The second kappa shape index (κ2) is 8.70. The minimum atomic E-state index is -1.80. The van der Waals surface area contributed by atoms with E-state index in [1.165, 1.54) is 0 Å². The van der Waals surface area contributed by atoms with Gasteiger partial charge in [0, 0.05) is 0 Å². The molecule has 0 amide bonds. The highest BCUT2D eigenvalue weighted by Gasteiger charge is 2.25. The number of nitrogens with zero attached hydrogens (tertiary/aromatic N) is 2. The molecule has 2 aromatic rings. The Bertz CT molecular complexity index is 1080. The smallest absolute Gasteiger partial charge is 0.338 e. The van der Waals surface area contributed by atoms with Gasteiger partial charge >= 0.3 is 35.8 Å². The lowest BCUT2D eigenvalue weighted by Crippen LogP contribution is -2.09. The molecule has 0 aliphatic heterocycles. The van der Waals surface area contributed by atoms with Crippen LogP contribution in [0.4, 0.5) is 11.4 Å². The number of aromatic carboxylic acids is 6. The van der Waals surface area contributed by atoms with Crippen LogP contribution in [-0.2, 0) is 0 Å². The van der Waals surface area contributed by atoms with Gasteiger partial charge in [0.05, 0.1) is 33.4 Å². The van der Waals surface area contributed by atoms with Gasteiger partial charge in [-0.25, -0.2) is 28.8 Å². The highest BCUT2D eigenvalue weighted by molar-refractivity contribution is 6.07. The molecule has 0 heterocycles. The molecule has 2 rings (SSSR count). The van der Waals surface area contributed by atoms with E-state index in [-0.39, 0.29) is 0 Å². The van der Waals surface area contributed by atoms with Crippen LogP contribution in [-0.4, -0.2) is 66.5 Å². The van der Waals surface area contributed by atoms with E-state index in [1.807, 2.05) is 0 Å². The van der Waals surface area contributed by atoms with Crippen molar-refractivity contribution in [2.24, 2.45) is 10.2 Å². The van der Waals surface area contributed by atoms with Gasteiger partial charge in [-0.15, -0.1) is 10.2 Å². The van der Waals surface area contributed by atoms with Crippen molar-refractivity contribution < 1.29 is 59.4 Å². The molecule has 2 aromatic carbocycles. The second-order valence-corrected chi connectivity index (χ2v) is 5.87. The molecule has 0 spiro atoms. The summed E-state index contributed by atoms with van der Waals surface area (Å²) in [6, 6.07) is 2.31. The van der Waals surface area contributed by atoms with Gasteiger partial charge in [0.15, 0.2) is 0 Å². The molecule has 32 heavy (non-hydrogen) atoms. The summed E-state index contributed by atoms with van der Waals surface area (Å²) in [5.41, 5.74) is -6.92. The maximum atomic E-state index is 11.5. The average Bonchev–Trinajstić information content (AvgIpc) is 2.70. The Hall–Kier alpha value is -5.14. The van der Waals surface area contributed by atoms with Crippen LogP contribution in [0.3, 0.4) is 0 Å². The van der Waals surface area contributed by atoms with E-state index in [9.17, 15) is 49.2 Å². The van der Waals surface area contributed by atoms with Gasteiger partial charge in [-0.1, -0.05) is 0 Å². The first-order valence-corrected chi connectivity index (χ1v) is 8.02. The molecule has 0 atom stereocenters. The Balaban J connectivity index is 2.88. The first-order valence-electron chi connectivity index (χ1n) is 8.02. The molecule has 0 unspecified atom stereocenters. The average molecular weight is 446 g/mol. The van der Waals surface area contributed by atoms with Crippen molar-refractivity contribution in [2.75, 3.05) is 0 Å². The van der Waals surface area contributed by atoms with Crippen molar-refractivity contribution in [3.63, 3.8) is 0 Å². The maximum Gasteiger partial charge on any atom is 0.338 e. The number of azo groups is 1. The first-order chi connectivity index (χ1) is 14.8. The first kappa shape index (κ1) is 23.1. The minimum Gasteiger partial charge on any atom is -0.478 e. The fraction of sp³-hybridized carbons (Fsp3) is 0. The fourth-order valence-electron chi connectivity index (χ4n) is 2.48. The molecule has 0 radical (unpaired) electrons. The van der Waals surface area contributed by atoms with Crippen molar-refractivity contribution in [3.8, 4) is 0 Å². The molecule has 14 nitrogen and oxygen atoms in total. The van der Waals surface area contributed by atoms with E-state index >= 15 is 0 Å². The van der Waals surface area contributed by atoms with Crippen LogP contribution in [0.25, 0.3) is 0 Å². The maximum absolute atomic E-state index is 11.5. The molecule has 0 aliphatic carbocycles. The van der Waals surface area contributed by atoms with Crippen LogP contribution in [0.1, 0.15) is 62.1 Å². The zero-order chi connectivity index (χ0) is 24.3. The molecule has 0 fully saturated rings. The largest absolute Gasteiger partial charge is 0.478 e. The van der Waals surface area contributed by atoms with Crippen molar-refractivity contribution in [2.45, 2.75) is 0 Å². The number of rotatable bonds is 8. The molecule has 0 bridgehead atoms. The fourth-order valence-corrected chi connectivity index (χ4v) is 2.48. The lowest BCUT2D eigenvalue weighted by molar-refractivity contribution is 0.0667. The van der Waals surface area contributed by atoms with Crippen LogP contribution in [0.5, 0.6) is 0 Å². The summed E-state index contributed by atoms with van der Waals surface area (Å²) in [6.45, 7) is 0. The summed E-state index contributed by atoms with van der Waals surface area (Å²) in [7, 11) is 0. The number of hydrogen-bond acceptors (Lipinski definition) is 8. The van der Waals surface area contributed by atoms with Crippen LogP contribution < -0.4 is 0 Å². The molecular weight excluding hydrogens is 436 g/mol. The van der Waals surface area contributed by atoms with Gasteiger partial charge in [0.25, 0.3) is 0 Å². The monoisotopic (exact) mass is 446 g/mol. The quantitative estimate of drug-likeness (QED) is 0.319. The van der Waals surface area contributed by atoms with Crippen molar-refractivity contribution >= 4 is 47.2 Å². The summed E-state index contributed by atoms with van der Waals surface area (Å²) in [5.74, 6) is -10.5. The van der Waals surface area contributed by atoms with Gasteiger partial charge in [0.2, 0.25) is 0 Å². The Morgan fingerprint density at radius 2 is 0.656 bits per heavy atom. The van der Waals surface area contributed by atoms with Crippen molar-refractivity contribution in [1.29, 1.82) is 0 Å². The standard InChI is InChI=1S/C18H10N2O12/c21-13(22)5-1-7(15(25)26)11(8(2-5)16(27)28)19-20-12-9(17(29)30)3-6(14(23)24)4-10(12)18(31)32/h1-4H,(H,21,22)(H,23,24)(H,25,26)(H,27,28)(H,29,30)(H,31,32). The van der Waals surface area contributed by atoms with E-state index in [1.54, 1.807) is 0 Å². The third-order valence-corrected chi connectivity index (χ3v) is 3.89. The predicted octanol–water partition coefficient (Wildman–Crippen LogP) is 2.29. The van der Waals surface area contributed by atoms with Crippen molar-refractivity contribution in [3.05, 3.63) is 57.6 Å². The molecular formula is C18H10N2O12. The number of benzene rings is 2. The third kappa shape index (κ3) is 4.54. The number of carboxylic acids is 6. The summed E-state index contributed by atoms with van der Waals surface area (Å²) in [4.78, 5) is 68.3. The number of carboxylic acid groups (broad SMARTS) is 6. The van der Waals surface area contributed by atoms with E-state index in [0.29, 0.717) is 24.3 Å². The Labute approximate surface area is 175 Å². The van der Waals surface area contributed by atoms with Gasteiger partial charge in [-0.05, 0) is 24.3 Å². The summed E-state index contributed by atoms with van der Waals surface area (Å²) >= 11 is 0. The lowest BCUT2D eigenvalue weighted by atomic mass is 10.0. The van der Waals surface area contributed by atoms with Gasteiger partial charge < -0.3 is 30.6 Å². The minimum absolute atomic E-state index is 0.579. The number of hydrogen-bond donors (Lipinski definition) is 6. The Kier molecular flexibility index (Phi) is 6.29. The van der Waals surface area contributed by atoms with Crippen LogP contribution in [0.15, 0.2) is 34.5 Å². The third-order valence-electron chi connectivity index (χ3n) is 3.89. The molecule has 0 saturated carbocycles. The van der Waals surface area contributed by atoms with E-state index < -0.39 is 80.6 Å². The zero-order valence-corrected chi connectivity index (χ0v) is 15.3. The molecule has 0 aromatic heterocycles. The Morgan fingerprint density at radius 3 is 0.812 bits per heavy atom. The molecule has 14 heteroatoms. The zero-order valence-electron chi connectivity index (χ0n) is 15.3. The normalized spacial score (nSPS) is 10.6. The van der Waals surface area contributed by atoms with Gasteiger partial charge in [0.1, 0.15) is 11.4 Å². The lowest BCUT2D eigenvalue weighted by Gasteiger charge is -2.09. The molecule has 164 valence electrons. The SMILES string of the molecule is O=C(O)c1cc(C(=O)O)c(N=Nc2c(C(=O)O)cc(C(=O)O)cc2C(=O)O)c(C(=O)O)c1. The summed E-state index contributed by atoms with van der Waals surface area (Å²) in [6.07, 6.45) is 0. The van der Waals surface area contributed by atoms with E-state index in [4.69, 9.17) is 10.2 Å². The molecule has 6 N–H and O–H groups in total. The van der Waals surface area contributed by atoms with Crippen LogP contribution >= 0.6 is 0 Å². The van der Waals surface area contributed by atoms with Gasteiger partial charge in [-0.2, -0.15) is 0 Å². The summed E-state index contributed by atoms with van der Waals surface area (Å²) in [5, 5.41) is 62.1. The topological polar surface area (TPSA) is 249 Å². The van der Waals surface area contributed by atoms with Crippen LogP contribution in [0, 0.1) is 0 Å². The van der Waals surface area contributed by atoms with E-state index in [2.05, 4.69) is 10.2 Å². The van der Waals surface area contributed by atoms with E-state index in [0.717, 1.165) is 0 Å². The van der Waals surface area contributed by atoms with Crippen molar-refractivity contribution in [1.82, 2.24) is 0 Å². The highest BCUT2D eigenvalue weighted by Crippen LogP contribution is 2.33. The predicted molar refractivity (Wildman–Crippen MR) is 98.8 cm³/mol. The Morgan fingerprint density at radius 1 is 0.438 bits per heavy atom. The van der Waals surface area contributed by atoms with Gasteiger partial charge in [-0.3, -0.25) is 0 Å². The number of carbonyl (C=O) groups is 6. The summed E-state index contributed by atoms with van der Waals surface area (Å²) < 4.78 is 0. The van der Waals surface area contributed by atoms with Crippen LogP contribution in [0.2, 0.25) is 0 Å². The highest BCUT2D eigenvalue weighted by atomic mass is 16.4. The second-order valence-electron chi connectivity index (χ2n) is 5.87.